The van der Waals surface area contributed by atoms with E-state index in [1.54, 1.807) is 47.5 Å². The molecule has 0 aliphatic rings. The van der Waals surface area contributed by atoms with Gasteiger partial charge in [0.05, 0.1) is 10.0 Å². The van der Waals surface area contributed by atoms with Crippen molar-refractivity contribution < 1.29 is 4.79 Å². The number of nitrogens with one attached hydrogen (secondary N) is 1. The van der Waals surface area contributed by atoms with Crippen molar-refractivity contribution in [1.82, 2.24) is 25.1 Å². The maximum atomic E-state index is 12.0. The molecule has 8 heteroatoms. The van der Waals surface area contributed by atoms with E-state index in [1.807, 2.05) is 6.07 Å². The molecule has 3 aromatic rings. The van der Waals surface area contributed by atoms with Crippen LogP contribution in [-0.2, 0) is 11.3 Å². The van der Waals surface area contributed by atoms with E-state index in [-0.39, 0.29) is 5.91 Å². The molecule has 126 valence electrons. The fourth-order valence-electron chi connectivity index (χ4n) is 2.12. The highest BCUT2D eigenvalue weighted by Crippen LogP contribution is 2.23. The van der Waals surface area contributed by atoms with E-state index < -0.39 is 0 Å². The summed E-state index contributed by atoms with van der Waals surface area (Å²) in [4.78, 5) is 20.2. The Hall–Kier alpha value is -2.70. The fraction of sp³-hybridized carbons (Fsp3) is 0.0588. The lowest BCUT2D eigenvalue weighted by atomic mass is 10.2. The zero-order valence-electron chi connectivity index (χ0n) is 12.9. The molecule has 0 saturated heterocycles. The number of hydrogen-bond acceptors (Lipinski definition) is 4. The second-order valence-electron chi connectivity index (χ2n) is 5.05. The first-order valence-electron chi connectivity index (χ1n) is 7.33. The lowest BCUT2D eigenvalue weighted by Gasteiger charge is -2.08. The molecule has 3 rings (SSSR count). The molecule has 6 nitrogen and oxygen atoms in total. The minimum atomic E-state index is -0.237. The SMILES string of the molecule is O=C(/C=C/c1ccc(Cl)c(Cl)c1)NCc1cccnc1-n1cncn1. The molecule has 25 heavy (non-hydrogen) atoms. The van der Waals surface area contributed by atoms with Gasteiger partial charge in [0.25, 0.3) is 0 Å². The Kier molecular flexibility index (Phi) is 5.42. The lowest BCUT2D eigenvalue weighted by molar-refractivity contribution is -0.116. The van der Waals surface area contributed by atoms with Crippen molar-refractivity contribution in [2.75, 3.05) is 0 Å². The zero-order chi connectivity index (χ0) is 17.6. The third-order valence-electron chi connectivity index (χ3n) is 3.33. The van der Waals surface area contributed by atoms with Gasteiger partial charge in [-0.2, -0.15) is 5.10 Å². The normalized spacial score (nSPS) is 11.0. The monoisotopic (exact) mass is 373 g/mol. The molecule has 0 aliphatic heterocycles. The van der Waals surface area contributed by atoms with Crippen LogP contribution in [0, 0.1) is 0 Å². The number of halogens is 2. The van der Waals surface area contributed by atoms with Gasteiger partial charge in [0.1, 0.15) is 12.7 Å². The summed E-state index contributed by atoms with van der Waals surface area (Å²) < 4.78 is 1.55. The Bertz CT molecular complexity index is 909. The highest BCUT2D eigenvalue weighted by molar-refractivity contribution is 6.42. The fourth-order valence-corrected chi connectivity index (χ4v) is 2.43. The maximum Gasteiger partial charge on any atom is 0.244 e. The molecule has 0 saturated carbocycles. The number of carbonyl (C=O) groups excluding carboxylic acids is 1. The first-order valence-corrected chi connectivity index (χ1v) is 8.09. The number of pyridine rings is 1. The molecule has 0 spiro atoms. The largest absolute Gasteiger partial charge is 0.348 e. The lowest BCUT2D eigenvalue weighted by Crippen LogP contribution is -2.21. The summed E-state index contributed by atoms with van der Waals surface area (Å²) in [6.07, 6.45) is 7.74. The van der Waals surface area contributed by atoms with Gasteiger partial charge in [-0.25, -0.2) is 14.6 Å². The molecule has 1 amide bonds. The van der Waals surface area contributed by atoms with E-state index >= 15 is 0 Å². The van der Waals surface area contributed by atoms with Crippen LogP contribution in [0.5, 0.6) is 0 Å². The molecule has 1 aromatic carbocycles. The smallest absolute Gasteiger partial charge is 0.244 e. The molecule has 0 aliphatic carbocycles. The van der Waals surface area contributed by atoms with Crippen LogP contribution >= 0.6 is 23.2 Å². The Morgan fingerprint density at radius 2 is 2.12 bits per heavy atom. The molecule has 0 atom stereocenters. The Morgan fingerprint density at radius 1 is 1.24 bits per heavy atom. The Labute approximate surface area is 154 Å². The third-order valence-corrected chi connectivity index (χ3v) is 4.07. The third kappa shape index (κ3) is 4.43. The molecule has 0 fully saturated rings. The number of amides is 1. The van der Waals surface area contributed by atoms with E-state index in [1.165, 1.54) is 12.4 Å². The van der Waals surface area contributed by atoms with Gasteiger partial charge >= 0.3 is 0 Å². The number of hydrogen-bond donors (Lipinski definition) is 1. The standard InChI is InChI=1S/C17H13Cl2N5O/c18-14-5-3-12(8-15(14)19)4-6-16(25)22-9-13-2-1-7-21-17(13)24-11-20-10-23-24/h1-8,10-11H,9H2,(H,22,25)/b6-4+. The molecular formula is C17H13Cl2N5O. The zero-order valence-corrected chi connectivity index (χ0v) is 14.4. The minimum absolute atomic E-state index is 0.237. The van der Waals surface area contributed by atoms with Crippen LogP contribution in [-0.4, -0.2) is 25.7 Å². The summed E-state index contributed by atoms with van der Waals surface area (Å²) in [7, 11) is 0. The maximum absolute atomic E-state index is 12.0. The van der Waals surface area contributed by atoms with Crippen LogP contribution in [0.15, 0.2) is 55.3 Å². The first-order chi connectivity index (χ1) is 12.1. The highest BCUT2D eigenvalue weighted by Gasteiger charge is 2.07. The summed E-state index contributed by atoms with van der Waals surface area (Å²) in [5.41, 5.74) is 1.61. The molecule has 0 radical (unpaired) electrons. The van der Waals surface area contributed by atoms with Crippen LogP contribution in [0.3, 0.4) is 0 Å². The van der Waals surface area contributed by atoms with Crippen molar-refractivity contribution in [2.24, 2.45) is 0 Å². The summed E-state index contributed by atoms with van der Waals surface area (Å²) in [5, 5.41) is 7.78. The summed E-state index contributed by atoms with van der Waals surface area (Å²) in [6.45, 7) is 0.313. The van der Waals surface area contributed by atoms with Gasteiger partial charge in [-0.3, -0.25) is 4.79 Å². The first kappa shape index (κ1) is 17.1. The molecule has 1 N–H and O–H groups in total. The van der Waals surface area contributed by atoms with E-state index in [4.69, 9.17) is 23.2 Å². The second kappa shape index (κ2) is 7.92. The van der Waals surface area contributed by atoms with Crippen LogP contribution in [0.25, 0.3) is 11.9 Å². The van der Waals surface area contributed by atoms with Crippen LogP contribution < -0.4 is 5.32 Å². The van der Waals surface area contributed by atoms with E-state index in [9.17, 15) is 4.79 Å². The van der Waals surface area contributed by atoms with Gasteiger partial charge in [0.2, 0.25) is 5.91 Å². The minimum Gasteiger partial charge on any atom is -0.348 e. The van der Waals surface area contributed by atoms with Gasteiger partial charge in [0, 0.05) is 24.4 Å². The molecule has 2 heterocycles. The Balaban J connectivity index is 1.65. The van der Waals surface area contributed by atoms with E-state index in [0.29, 0.717) is 22.4 Å². The average molecular weight is 374 g/mol. The second-order valence-corrected chi connectivity index (χ2v) is 5.87. The van der Waals surface area contributed by atoms with Gasteiger partial charge in [-0.15, -0.1) is 0 Å². The summed E-state index contributed by atoms with van der Waals surface area (Å²) in [5.74, 6) is 0.383. The predicted octanol–water partition coefficient (Wildman–Crippen LogP) is 3.30. The average Bonchev–Trinajstić information content (AvgIpc) is 3.15. The molecular weight excluding hydrogens is 361 g/mol. The summed E-state index contributed by atoms with van der Waals surface area (Å²) >= 11 is 11.8. The van der Waals surface area contributed by atoms with E-state index in [2.05, 4.69) is 20.4 Å². The highest BCUT2D eigenvalue weighted by atomic mass is 35.5. The molecule has 0 unspecified atom stereocenters. The van der Waals surface area contributed by atoms with Gasteiger partial charge in [-0.05, 0) is 29.8 Å². The molecule has 0 bridgehead atoms. The van der Waals surface area contributed by atoms with Crippen LogP contribution in [0.4, 0.5) is 0 Å². The topological polar surface area (TPSA) is 72.7 Å². The van der Waals surface area contributed by atoms with Crippen molar-refractivity contribution in [1.29, 1.82) is 0 Å². The van der Waals surface area contributed by atoms with Crippen LogP contribution in [0.2, 0.25) is 10.0 Å². The van der Waals surface area contributed by atoms with Crippen molar-refractivity contribution in [3.63, 3.8) is 0 Å². The van der Waals surface area contributed by atoms with Gasteiger partial charge in [-0.1, -0.05) is 35.3 Å². The van der Waals surface area contributed by atoms with Crippen molar-refractivity contribution >= 4 is 35.2 Å². The number of aromatic nitrogens is 4. The number of carbonyl (C=O) groups is 1. The van der Waals surface area contributed by atoms with Gasteiger partial charge < -0.3 is 5.32 Å². The quantitative estimate of drug-likeness (QED) is 0.696. The number of nitrogens with zero attached hydrogens (tertiary/aromatic N) is 4. The molecule has 2 aromatic heterocycles. The van der Waals surface area contributed by atoms with Crippen molar-refractivity contribution in [3.8, 4) is 5.82 Å². The van der Waals surface area contributed by atoms with E-state index in [0.717, 1.165) is 11.1 Å². The predicted molar refractivity (Wildman–Crippen MR) is 96.5 cm³/mol. The van der Waals surface area contributed by atoms with Crippen LogP contribution in [0.1, 0.15) is 11.1 Å². The van der Waals surface area contributed by atoms with Crippen molar-refractivity contribution in [3.05, 3.63) is 76.4 Å². The number of benzene rings is 1. The van der Waals surface area contributed by atoms with Crippen molar-refractivity contribution in [2.45, 2.75) is 6.54 Å². The number of rotatable bonds is 5. The summed E-state index contributed by atoms with van der Waals surface area (Å²) in [6, 6.07) is 8.82. The van der Waals surface area contributed by atoms with Gasteiger partial charge in [0.15, 0.2) is 5.82 Å². The Morgan fingerprint density at radius 3 is 2.88 bits per heavy atom.